The van der Waals surface area contributed by atoms with Crippen molar-refractivity contribution < 1.29 is 0 Å². The second-order valence-electron chi connectivity index (χ2n) is 11.2. The maximum atomic E-state index is 5.28. The van der Waals surface area contributed by atoms with Crippen LogP contribution < -0.4 is 0 Å². The molecule has 9 aromatic rings. The maximum Gasteiger partial charge on any atom is 0.138 e. The molecule has 0 fully saturated rings. The van der Waals surface area contributed by atoms with Crippen molar-refractivity contribution in [1.29, 1.82) is 0 Å². The van der Waals surface area contributed by atoms with Crippen LogP contribution in [0.1, 0.15) is 0 Å². The second-order valence-corrected chi connectivity index (χ2v) is 11.2. The van der Waals surface area contributed by atoms with E-state index >= 15 is 0 Å². The Morgan fingerprint density at radius 1 is 0.467 bits per heavy atom. The summed E-state index contributed by atoms with van der Waals surface area (Å²) < 4.78 is 2.16. The van der Waals surface area contributed by atoms with E-state index < -0.39 is 0 Å². The smallest absolute Gasteiger partial charge is 0.138 e. The van der Waals surface area contributed by atoms with Crippen molar-refractivity contribution in [3.63, 3.8) is 0 Å². The average molecular weight is 576 g/mol. The van der Waals surface area contributed by atoms with Crippen LogP contribution in [0, 0.1) is 0 Å². The SMILES string of the molecule is c1ccc(-c2ccc3ccc4ccc(-c5cc(-c6c(-c7ccccn7)nc7ccccn67)c6ccccc6c5)nc4c3n2)cc1. The number of imidazole rings is 1. The molecule has 45 heavy (non-hydrogen) atoms. The van der Waals surface area contributed by atoms with Gasteiger partial charge in [-0.05, 0) is 59.3 Å². The predicted molar refractivity (Wildman–Crippen MR) is 183 cm³/mol. The molecule has 5 heteroatoms. The first-order valence-electron chi connectivity index (χ1n) is 15.0. The zero-order valence-corrected chi connectivity index (χ0v) is 24.2. The number of aromatic nitrogens is 5. The number of pyridine rings is 4. The Morgan fingerprint density at radius 3 is 1.93 bits per heavy atom. The van der Waals surface area contributed by atoms with Gasteiger partial charge in [0.15, 0.2) is 0 Å². The lowest BCUT2D eigenvalue weighted by atomic mass is 9.95. The highest BCUT2D eigenvalue weighted by atomic mass is 15.0. The number of rotatable bonds is 4. The topological polar surface area (TPSA) is 56.0 Å². The molecule has 0 amide bonds. The van der Waals surface area contributed by atoms with Crippen molar-refractivity contribution in [1.82, 2.24) is 24.3 Å². The molecule has 210 valence electrons. The van der Waals surface area contributed by atoms with Crippen LogP contribution in [-0.4, -0.2) is 24.3 Å². The van der Waals surface area contributed by atoms with Crippen LogP contribution in [0.5, 0.6) is 0 Å². The van der Waals surface area contributed by atoms with Crippen molar-refractivity contribution in [2.75, 3.05) is 0 Å². The number of fused-ring (bicyclic) bond motifs is 5. The molecule has 0 aliphatic rings. The third kappa shape index (κ3) is 4.25. The van der Waals surface area contributed by atoms with Crippen LogP contribution in [0.2, 0.25) is 0 Å². The third-order valence-electron chi connectivity index (χ3n) is 8.44. The molecule has 0 saturated heterocycles. The molecule has 0 spiro atoms. The van der Waals surface area contributed by atoms with Crippen molar-refractivity contribution in [3.05, 3.63) is 152 Å². The predicted octanol–water partition coefficient (Wildman–Crippen LogP) is 9.65. The molecular formula is C40H25N5. The Kier molecular flexibility index (Phi) is 5.74. The molecule has 4 aromatic carbocycles. The highest BCUT2D eigenvalue weighted by molar-refractivity contribution is 6.05. The molecule has 0 aliphatic carbocycles. The molecule has 5 nitrogen and oxygen atoms in total. The lowest BCUT2D eigenvalue weighted by molar-refractivity contribution is 1.19. The fraction of sp³-hybridized carbons (Fsp3) is 0. The summed E-state index contributed by atoms with van der Waals surface area (Å²) in [4.78, 5) is 20.1. The molecule has 0 bridgehead atoms. The molecule has 5 aromatic heterocycles. The minimum Gasteiger partial charge on any atom is -0.299 e. The molecule has 0 radical (unpaired) electrons. The summed E-state index contributed by atoms with van der Waals surface area (Å²) in [7, 11) is 0. The first-order chi connectivity index (χ1) is 22.3. The van der Waals surface area contributed by atoms with Crippen molar-refractivity contribution >= 4 is 38.2 Å². The van der Waals surface area contributed by atoms with Crippen LogP contribution in [0.15, 0.2) is 152 Å². The molecule has 0 aliphatic heterocycles. The minimum absolute atomic E-state index is 0.835. The van der Waals surface area contributed by atoms with E-state index in [1.54, 1.807) is 0 Å². The Morgan fingerprint density at radius 2 is 1.16 bits per heavy atom. The number of hydrogen-bond acceptors (Lipinski definition) is 4. The van der Waals surface area contributed by atoms with Gasteiger partial charge in [-0.1, -0.05) is 91.0 Å². The van der Waals surface area contributed by atoms with Gasteiger partial charge in [0.05, 0.1) is 33.8 Å². The van der Waals surface area contributed by atoms with E-state index in [1.165, 1.54) is 0 Å². The van der Waals surface area contributed by atoms with Gasteiger partial charge in [-0.15, -0.1) is 0 Å². The maximum absolute atomic E-state index is 5.28. The summed E-state index contributed by atoms with van der Waals surface area (Å²) in [5, 5.41) is 4.40. The average Bonchev–Trinajstić information content (AvgIpc) is 3.51. The van der Waals surface area contributed by atoms with E-state index in [0.29, 0.717) is 0 Å². The summed E-state index contributed by atoms with van der Waals surface area (Å²) in [6, 6.07) is 48.0. The summed E-state index contributed by atoms with van der Waals surface area (Å²) in [5.74, 6) is 0. The van der Waals surface area contributed by atoms with Crippen LogP contribution in [0.25, 0.3) is 83.4 Å². The van der Waals surface area contributed by atoms with Gasteiger partial charge in [-0.3, -0.25) is 9.38 Å². The first-order valence-corrected chi connectivity index (χ1v) is 15.0. The first kappa shape index (κ1) is 25.3. The monoisotopic (exact) mass is 575 g/mol. The summed E-state index contributed by atoms with van der Waals surface area (Å²) in [6.45, 7) is 0. The standard InChI is InChI=1S/C40H25N5/c1-2-10-26(11-3-1)33-20-18-27-16-17-28-19-21-34(43-38(28)37(27)42-33)30-24-29-12-4-5-13-31(29)32(25-30)40-39(35-14-6-8-22-41-35)44-36-15-7-9-23-45(36)40/h1-25H. The van der Waals surface area contributed by atoms with Crippen LogP contribution in [-0.2, 0) is 0 Å². The van der Waals surface area contributed by atoms with Gasteiger partial charge in [0.1, 0.15) is 11.3 Å². The largest absolute Gasteiger partial charge is 0.299 e. The van der Waals surface area contributed by atoms with Crippen molar-refractivity contribution in [2.45, 2.75) is 0 Å². The minimum atomic E-state index is 0.835. The van der Waals surface area contributed by atoms with Crippen molar-refractivity contribution in [3.8, 4) is 45.2 Å². The quantitative estimate of drug-likeness (QED) is 0.196. The number of benzene rings is 4. The fourth-order valence-electron chi connectivity index (χ4n) is 6.29. The molecule has 0 atom stereocenters. The van der Waals surface area contributed by atoms with E-state index in [1.807, 2.05) is 60.8 Å². The Labute approximate surface area is 259 Å². The van der Waals surface area contributed by atoms with E-state index in [2.05, 4.69) is 101 Å². The molecule has 0 saturated carbocycles. The van der Waals surface area contributed by atoms with Gasteiger partial charge in [-0.25, -0.2) is 15.0 Å². The van der Waals surface area contributed by atoms with Gasteiger partial charge in [0.25, 0.3) is 0 Å². The highest BCUT2D eigenvalue weighted by Gasteiger charge is 2.20. The zero-order chi connectivity index (χ0) is 29.7. The molecule has 9 rings (SSSR count). The molecule has 5 heterocycles. The number of nitrogens with zero attached hydrogens (tertiary/aromatic N) is 5. The molecular weight excluding hydrogens is 550 g/mol. The Hall–Kier alpha value is -6.20. The van der Waals surface area contributed by atoms with Crippen LogP contribution >= 0.6 is 0 Å². The third-order valence-corrected chi connectivity index (χ3v) is 8.44. The van der Waals surface area contributed by atoms with Gasteiger partial charge >= 0.3 is 0 Å². The normalized spacial score (nSPS) is 11.6. The van der Waals surface area contributed by atoms with E-state index in [-0.39, 0.29) is 0 Å². The summed E-state index contributed by atoms with van der Waals surface area (Å²) in [5.41, 5.74) is 10.4. The van der Waals surface area contributed by atoms with Crippen LogP contribution in [0.3, 0.4) is 0 Å². The lowest BCUT2D eigenvalue weighted by Crippen LogP contribution is -1.94. The summed E-state index contributed by atoms with van der Waals surface area (Å²) >= 11 is 0. The Balaban J connectivity index is 1.29. The van der Waals surface area contributed by atoms with Gasteiger partial charge in [0, 0.05) is 39.9 Å². The van der Waals surface area contributed by atoms with Gasteiger partial charge in [0.2, 0.25) is 0 Å². The number of hydrogen-bond donors (Lipinski definition) is 0. The van der Waals surface area contributed by atoms with Crippen LogP contribution in [0.4, 0.5) is 0 Å². The van der Waals surface area contributed by atoms with E-state index in [0.717, 1.165) is 83.4 Å². The zero-order valence-electron chi connectivity index (χ0n) is 24.2. The van der Waals surface area contributed by atoms with Crippen molar-refractivity contribution in [2.24, 2.45) is 0 Å². The molecule has 0 unspecified atom stereocenters. The molecule has 0 N–H and O–H groups in total. The van der Waals surface area contributed by atoms with Gasteiger partial charge in [-0.2, -0.15) is 0 Å². The highest BCUT2D eigenvalue weighted by Crippen LogP contribution is 2.39. The summed E-state index contributed by atoms with van der Waals surface area (Å²) in [6.07, 6.45) is 3.89. The van der Waals surface area contributed by atoms with E-state index in [4.69, 9.17) is 15.0 Å². The van der Waals surface area contributed by atoms with E-state index in [9.17, 15) is 0 Å². The van der Waals surface area contributed by atoms with Gasteiger partial charge < -0.3 is 0 Å². The Bertz CT molecular complexity index is 2540. The lowest BCUT2D eigenvalue weighted by Gasteiger charge is -2.13. The fourth-order valence-corrected chi connectivity index (χ4v) is 6.29. The second kappa shape index (κ2) is 10.2.